The molecule has 5 aromatic heterocycles. The molecule has 0 aliphatic heterocycles. The number of rotatable bonds is 22. The van der Waals surface area contributed by atoms with E-state index in [2.05, 4.69) is 239 Å². The molecular weight excluding hydrogens is 1180 g/mol. The van der Waals surface area contributed by atoms with Crippen LogP contribution < -0.4 is 0 Å². The molecule has 0 saturated heterocycles. The van der Waals surface area contributed by atoms with E-state index in [1.165, 1.54) is 116 Å². The molecule has 0 aliphatic carbocycles. The number of hydrogen-bond acceptors (Lipinski definition) is 6. The highest BCUT2D eigenvalue weighted by molar-refractivity contribution is 6.38. The van der Waals surface area contributed by atoms with E-state index in [1.807, 2.05) is 67.3 Å². The molecule has 16 rings (SSSR count). The molecule has 6 nitrogen and oxygen atoms in total. The van der Waals surface area contributed by atoms with Gasteiger partial charge in [-0.15, -0.1) is 0 Å². The summed E-state index contributed by atoms with van der Waals surface area (Å²) < 4.78 is 0. The Balaban J connectivity index is 0.667. The van der Waals surface area contributed by atoms with Gasteiger partial charge in [-0.1, -0.05) is 206 Å². The highest BCUT2D eigenvalue weighted by Crippen LogP contribution is 2.44. The summed E-state index contributed by atoms with van der Waals surface area (Å²) in [7, 11) is 0. The number of aryl methyl sites for hydroxylation is 13. The third-order valence-electron chi connectivity index (χ3n) is 19.8. The fourth-order valence-corrected chi connectivity index (χ4v) is 14.7. The molecule has 0 radical (unpaired) electrons. The van der Waals surface area contributed by atoms with Gasteiger partial charge in [0.25, 0.3) is 0 Å². The number of nitrogens with zero attached hydrogens (tertiary/aromatic N) is 6. The van der Waals surface area contributed by atoms with Crippen molar-refractivity contribution in [2.45, 2.75) is 84.0 Å². The molecule has 5 heterocycles. The molecule has 97 heavy (non-hydrogen) atoms. The molecule has 16 aromatic rings. The number of fused-ring (bicyclic) bond motifs is 6. The number of pyridine rings is 4. The largest absolute Gasteiger partial charge is 0.256 e. The predicted octanol–water partition coefficient (Wildman–Crippen LogP) is 20.9. The van der Waals surface area contributed by atoms with Crippen molar-refractivity contribution in [2.24, 2.45) is 0 Å². The zero-order chi connectivity index (χ0) is 64.9. The van der Waals surface area contributed by atoms with E-state index in [1.54, 1.807) is 6.33 Å². The van der Waals surface area contributed by atoms with E-state index in [9.17, 15) is 0 Å². The van der Waals surface area contributed by atoms with Gasteiger partial charge in [-0.05, 0) is 226 Å². The lowest BCUT2D eigenvalue weighted by Crippen LogP contribution is -2.00. The van der Waals surface area contributed by atoms with Gasteiger partial charge < -0.3 is 0 Å². The second-order valence-corrected chi connectivity index (χ2v) is 26.3. The maximum Gasteiger partial charge on any atom is 0.116 e. The molecule has 468 valence electrons. The standard InChI is InChI=1S/C91H74N6/c1-61-51-65(35-44-77(61)87-16-5-9-50-95-87)20-26-71-53-70(25-19-64-33-42-76(43-34-64)86-15-4-8-49-94-86)56-73(57-71)28-22-67-37-46-81-83(59-67)79-12-10-11-78-82-58-66(36-45-80(82)90-89(88(78)79)91(81)97-60-96-90)21-27-72-54-68(23-17-62-29-38-74(39-30-62)84-13-2-6-47-92-84)52-69(55-72)24-18-63-31-40-75(41-32-63)85-14-3-7-48-93-85/h2-16,29-60H,17-28H2,1H3. The quantitative estimate of drug-likeness (QED) is 0.0497. The first-order chi connectivity index (χ1) is 47.9. The Morgan fingerprint density at radius 1 is 0.216 bits per heavy atom. The monoisotopic (exact) mass is 1250 g/mol. The van der Waals surface area contributed by atoms with Crippen molar-refractivity contribution < 1.29 is 0 Å². The Morgan fingerprint density at radius 3 is 0.887 bits per heavy atom. The summed E-state index contributed by atoms with van der Waals surface area (Å²) in [4.78, 5) is 28.6. The molecule has 6 heteroatoms. The summed E-state index contributed by atoms with van der Waals surface area (Å²) in [5.74, 6) is 0. The zero-order valence-electron chi connectivity index (χ0n) is 54.8. The van der Waals surface area contributed by atoms with Crippen molar-refractivity contribution in [1.82, 2.24) is 29.9 Å². The van der Waals surface area contributed by atoms with Gasteiger partial charge in [0.2, 0.25) is 0 Å². The van der Waals surface area contributed by atoms with E-state index >= 15 is 0 Å². The van der Waals surface area contributed by atoms with Crippen LogP contribution in [0.5, 0.6) is 0 Å². The van der Waals surface area contributed by atoms with Crippen LogP contribution in [0.4, 0.5) is 0 Å². The first-order valence-corrected chi connectivity index (χ1v) is 34.4. The summed E-state index contributed by atoms with van der Waals surface area (Å²) in [6, 6.07) is 94.1. The Kier molecular flexibility index (Phi) is 17.2. The lowest BCUT2D eigenvalue weighted by atomic mass is 9.88. The van der Waals surface area contributed by atoms with Crippen LogP contribution in [0.2, 0.25) is 0 Å². The molecule has 0 saturated carbocycles. The average Bonchev–Trinajstić information content (AvgIpc) is 0.706. The van der Waals surface area contributed by atoms with Gasteiger partial charge in [-0.3, -0.25) is 19.9 Å². The van der Waals surface area contributed by atoms with Crippen molar-refractivity contribution in [2.75, 3.05) is 0 Å². The normalized spacial score (nSPS) is 11.6. The third-order valence-corrected chi connectivity index (χ3v) is 19.8. The van der Waals surface area contributed by atoms with Gasteiger partial charge in [-0.2, -0.15) is 0 Å². The molecule has 0 spiro atoms. The molecule has 0 N–H and O–H groups in total. The van der Waals surface area contributed by atoms with Crippen LogP contribution in [0, 0.1) is 6.92 Å². The van der Waals surface area contributed by atoms with Gasteiger partial charge in [0.1, 0.15) is 6.33 Å². The maximum atomic E-state index is 5.09. The van der Waals surface area contributed by atoms with E-state index in [4.69, 9.17) is 9.97 Å². The van der Waals surface area contributed by atoms with E-state index in [0.717, 1.165) is 133 Å². The lowest BCUT2D eigenvalue weighted by Gasteiger charge is -2.17. The van der Waals surface area contributed by atoms with Crippen LogP contribution in [0.1, 0.15) is 72.3 Å². The fourth-order valence-electron chi connectivity index (χ4n) is 14.7. The number of aromatic nitrogens is 6. The highest BCUT2D eigenvalue weighted by atomic mass is 14.8. The molecule has 0 aliphatic rings. The highest BCUT2D eigenvalue weighted by Gasteiger charge is 2.20. The molecule has 0 unspecified atom stereocenters. The van der Waals surface area contributed by atoms with Gasteiger partial charge in [0.05, 0.1) is 33.8 Å². The third kappa shape index (κ3) is 13.4. The number of hydrogen-bond donors (Lipinski definition) is 0. The Morgan fingerprint density at radius 2 is 0.536 bits per heavy atom. The van der Waals surface area contributed by atoms with Crippen molar-refractivity contribution >= 4 is 54.1 Å². The lowest BCUT2D eigenvalue weighted by molar-refractivity contribution is 0.903. The second-order valence-electron chi connectivity index (χ2n) is 26.3. The smallest absolute Gasteiger partial charge is 0.116 e. The Labute approximate surface area is 567 Å². The SMILES string of the molecule is Cc1cc(CCc2cc(CCc3ccc(-c4ccccn4)cc3)cc(CCc3ccc4c(c3)c3cccc5c6cc(CCc7cc(CCc8ccc(-c9ccccn9)cc8)cc(CCc8ccc(-c9ccccn9)cc8)c7)ccc6c6ncnc4c6c53)c2)ccc1-c1ccccn1. The molecule has 0 amide bonds. The topological polar surface area (TPSA) is 77.3 Å². The predicted molar refractivity (Wildman–Crippen MR) is 402 cm³/mol. The van der Waals surface area contributed by atoms with Crippen molar-refractivity contribution in [1.29, 1.82) is 0 Å². The summed E-state index contributed by atoms with van der Waals surface area (Å²) >= 11 is 0. The van der Waals surface area contributed by atoms with Gasteiger partial charge >= 0.3 is 0 Å². The summed E-state index contributed by atoms with van der Waals surface area (Å²) in [5.41, 5.74) is 28.3. The second kappa shape index (κ2) is 27.5. The molecule has 0 bridgehead atoms. The van der Waals surface area contributed by atoms with Crippen LogP contribution in [-0.4, -0.2) is 29.9 Å². The van der Waals surface area contributed by atoms with Gasteiger partial charge in [-0.25, -0.2) is 9.97 Å². The first-order valence-electron chi connectivity index (χ1n) is 34.4. The molecule has 0 fully saturated rings. The minimum Gasteiger partial charge on any atom is -0.256 e. The van der Waals surface area contributed by atoms with E-state index < -0.39 is 0 Å². The van der Waals surface area contributed by atoms with Crippen molar-refractivity contribution in [3.05, 3.63) is 358 Å². The van der Waals surface area contributed by atoms with Crippen LogP contribution in [0.3, 0.4) is 0 Å². The number of benzene rings is 11. The fraction of sp³-hybridized carbons (Fsp3) is 0.143. The van der Waals surface area contributed by atoms with Crippen LogP contribution in [0.25, 0.3) is 99.2 Å². The average molecular weight is 1250 g/mol. The molecule has 11 aromatic carbocycles. The summed E-state index contributed by atoms with van der Waals surface area (Å²) in [6.07, 6.45) is 20.7. The maximum absolute atomic E-state index is 5.09. The van der Waals surface area contributed by atoms with Crippen LogP contribution >= 0.6 is 0 Å². The zero-order valence-corrected chi connectivity index (χ0v) is 54.8. The van der Waals surface area contributed by atoms with Crippen LogP contribution in [-0.2, 0) is 77.0 Å². The Hall–Kier alpha value is -11.3. The van der Waals surface area contributed by atoms with Crippen LogP contribution in [0.15, 0.2) is 286 Å². The first kappa shape index (κ1) is 60.6. The Bertz CT molecular complexity index is 5320. The molecule has 0 atom stereocenters. The van der Waals surface area contributed by atoms with Crippen molar-refractivity contribution in [3.8, 4) is 45.0 Å². The minimum atomic E-state index is 0.926. The summed E-state index contributed by atoms with van der Waals surface area (Å²) in [5, 5.41) is 9.76. The van der Waals surface area contributed by atoms with E-state index in [0.29, 0.717) is 0 Å². The van der Waals surface area contributed by atoms with Gasteiger partial charge in [0, 0.05) is 68.6 Å². The van der Waals surface area contributed by atoms with Gasteiger partial charge in [0.15, 0.2) is 0 Å². The summed E-state index contributed by atoms with van der Waals surface area (Å²) in [6.45, 7) is 2.21. The van der Waals surface area contributed by atoms with Crippen molar-refractivity contribution in [3.63, 3.8) is 0 Å². The van der Waals surface area contributed by atoms with E-state index in [-0.39, 0.29) is 0 Å². The minimum absolute atomic E-state index is 0.926. The molecular formula is C91H74N6.